The number of hydrogen-bond donors (Lipinski definition) is 3. The normalized spacial score (nSPS) is 11.7. The Morgan fingerprint density at radius 3 is 2.69 bits per heavy atom. The first-order chi connectivity index (χ1) is 15.3. The summed E-state index contributed by atoms with van der Waals surface area (Å²) >= 11 is 3.43. The monoisotopic (exact) mass is 519 g/mol. The Hall–Kier alpha value is -3.02. The summed E-state index contributed by atoms with van der Waals surface area (Å²) < 4.78 is 42.6. The summed E-state index contributed by atoms with van der Waals surface area (Å²) in [6.45, 7) is 0.595. The molecular weight excluding hydrogens is 501 g/mol. The van der Waals surface area contributed by atoms with E-state index in [2.05, 4.69) is 36.1 Å². The van der Waals surface area contributed by atoms with Gasteiger partial charge in [-0.1, -0.05) is 18.2 Å². The van der Waals surface area contributed by atoms with Crippen LogP contribution in [0.3, 0.4) is 0 Å². The van der Waals surface area contributed by atoms with Crippen molar-refractivity contribution in [1.82, 2.24) is 19.3 Å². The molecule has 0 saturated carbocycles. The van der Waals surface area contributed by atoms with E-state index in [-0.39, 0.29) is 17.2 Å². The predicted octanol–water partition coefficient (Wildman–Crippen LogP) is 3.78. The molecule has 0 saturated heterocycles. The highest BCUT2D eigenvalue weighted by Gasteiger charge is 2.15. The van der Waals surface area contributed by atoms with Crippen molar-refractivity contribution in [3.05, 3.63) is 71.1 Å². The fraction of sp³-hybridized carbons (Fsp3) is 0.143. The summed E-state index contributed by atoms with van der Waals surface area (Å²) in [7, 11) is -3.79. The van der Waals surface area contributed by atoms with Crippen LogP contribution in [0.25, 0.3) is 16.9 Å². The number of phenolic OH excluding ortho intramolecular Hbond substituents is 1. The van der Waals surface area contributed by atoms with Gasteiger partial charge in [0.05, 0.1) is 21.3 Å². The third kappa shape index (κ3) is 4.74. The Balaban J connectivity index is 1.46. The van der Waals surface area contributed by atoms with Gasteiger partial charge in [-0.25, -0.2) is 22.5 Å². The van der Waals surface area contributed by atoms with Crippen molar-refractivity contribution in [2.45, 2.75) is 11.3 Å². The molecule has 0 amide bonds. The number of nitrogens with one attached hydrogen (secondary N) is 2. The smallest absolute Gasteiger partial charge is 0.240 e. The molecule has 3 N–H and O–H groups in total. The highest BCUT2D eigenvalue weighted by molar-refractivity contribution is 9.10. The van der Waals surface area contributed by atoms with Crippen molar-refractivity contribution in [2.75, 3.05) is 18.4 Å². The van der Waals surface area contributed by atoms with Crippen LogP contribution in [0.1, 0.15) is 6.42 Å². The molecule has 11 heteroatoms. The number of phenols is 1. The van der Waals surface area contributed by atoms with Crippen LogP contribution in [0, 0.1) is 5.82 Å². The van der Waals surface area contributed by atoms with Crippen molar-refractivity contribution in [2.24, 2.45) is 0 Å². The molecular formula is C21H19BrFN5O3S. The Labute approximate surface area is 192 Å². The number of anilines is 1. The molecule has 0 aliphatic carbocycles. The van der Waals surface area contributed by atoms with Crippen LogP contribution < -0.4 is 10.0 Å². The van der Waals surface area contributed by atoms with Crippen molar-refractivity contribution in [3.63, 3.8) is 0 Å². The van der Waals surface area contributed by atoms with Crippen LogP contribution in [-0.2, 0) is 10.0 Å². The maximum absolute atomic E-state index is 13.3. The molecule has 0 unspecified atom stereocenters. The van der Waals surface area contributed by atoms with E-state index in [4.69, 9.17) is 0 Å². The maximum atomic E-state index is 13.3. The molecule has 0 aliphatic rings. The number of fused-ring (bicyclic) bond motifs is 1. The van der Waals surface area contributed by atoms with Crippen molar-refractivity contribution in [1.29, 1.82) is 0 Å². The van der Waals surface area contributed by atoms with Crippen LogP contribution >= 0.6 is 15.9 Å². The van der Waals surface area contributed by atoms with Gasteiger partial charge in [0.25, 0.3) is 0 Å². The van der Waals surface area contributed by atoms with E-state index in [0.29, 0.717) is 40.2 Å². The Kier molecular flexibility index (Phi) is 6.40. The Morgan fingerprint density at radius 1 is 1.09 bits per heavy atom. The number of rotatable bonds is 8. The lowest BCUT2D eigenvalue weighted by atomic mass is 10.1. The Bertz CT molecular complexity index is 1380. The van der Waals surface area contributed by atoms with Gasteiger partial charge in [-0.15, -0.1) is 0 Å². The van der Waals surface area contributed by atoms with E-state index in [1.807, 2.05) is 6.07 Å². The average molecular weight is 520 g/mol. The lowest BCUT2D eigenvalue weighted by molar-refractivity contribution is 0.477. The molecule has 2 heterocycles. The largest absolute Gasteiger partial charge is 0.507 e. The first-order valence-electron chi connectivity index (χ1n) is 9.67. The molecule has 4 aromatic rings. The van der Waals surface area contributed by atoms with Gasteiger partial charge in [0, 0.05) is 24.7 Å². The lowest BCUT2D eigenvalue weighted by Crippen LogP contribution is -2.26. The molecule has 32 heavy (non-hydrogen) atoms. The molecule has 166 valence electrons. The fourth-order valence-electron chi connectivity index (χ4n) is 3.12. The molecule has 0 fully saturated rings. The number of aromatic hydroxyl groups is 1. The van der Waals surface area contributed by atoms with E-state index in [9.17, 15) is 17.9 Å². The molecule has 0 atom stereocenters. The third-order valence-electron chi connectivity index (χ3n) is 4.67. The molecule has 4 rings (SSSR count). The summed E-state index contributed by atoms with van der Waals surface area (Å²) in [6, 6.07) is 13.5. The minimum absolute atomic E-state index is 0.109. The van der Waals surface area contributed by atoms with E-state index < -0.39 is 15.8 Å². The number of aromatic nitrogens is 3. The minimum atomic E-state index is -3.79. The lowest BCUT2D eigenvalue weighted by Gasteiger charge is -2.12. The zero-order valence-corrected chi connectivity index (χ0v) is 19.1. The highest BCUT2D eigenvalue weighted by atomic mass is 79.9. The van der Waals surface area contributed by atoms with E-state index in [1.165, 1.54) is 18.2 Å². The molecule has 0 aliphatic heterocycles. The topological polar surface area (TPSA) is 109 Å². The van der Waals surface area contributed by atoms with E-state index in [0.717, 1.165) is 6.07 Å². The van der Waals surface area contributed by atoms with E-state index >= 15 is 0 Å². The van der Waals surface area contributed by atoms with Gasteiger partial charge in [0.2, 0.25) is 10.0 Å². The van der Waals surface area contributed by atoms with Gasteiger partial charge in [-0.2, -0.15) is 9.61 Å². The second-order valence-electron chi connectivity index (χ2n) is 6.91. The van der Waals surface area contributed by atoms with Gasteiger partial charge in [-0.3, -0.25) is 0 Å². The number of halogens is 2. The number of hydrogen-bond acceptors (Lipinski definition) is 6. The standard InChI is InChI=1S/C21H19BrFN5O3S/c22-17-13-25-28-20(12-18(27-21(17)28)16-7-1-2-8-19(16)29)24-9-4-10-26-32(30,31)15-6-3-5-14(23)11-15/h1-3,5-8,11-13,24,26,29H,4,9-10H2. The molecule has 8 nitrogen and oxygen atoms in total. The van der Waals surface area contributed by atoms with Crippen LogP contribution in [0.2, 0.25) is 0 Å². The van der Waals surface area contributed by atoms with Crippen molar-refractivity contribution in [3.8, 4) is 17.0 Å². The number of nitrogens with zero attached hydrogens (tertiary/aromatic N) is 3. The van der Waals surface area contributed by atoms with Crippen LogP contribution in [0.4, 0.5) is 10.2 Å². The second kappa shape index (κ2) is 9.23. The van der Waals surface area contributed by atoms with Crippen LogP contribution in [0.5, 0.6) is 5.75 Å². The number of para-hydroxylation sites is 1. The summed E-state index contributed by atoms with van der Waals surface area (Å²) in [4.78, 5) is 4.46. The zero-order chi connectivity index (χ0) is 22.7. The molecule has 0 bridgehead atoms. The number of sulfonamides is 1. The molecule has 2 aromatic heterocycles. The fourth-order valence-corrected chi connectivity index (χ4v) is 4.57. The Morgan fingerprint density at radius 2 is 1.91 bits per heavy atom. The highest BCUT2D eigenvalue weighted by Crippen LogP contribution is 2.31. The zero-order valence-electron chi connectivity index (χ0n) is 16.7. The van der Waals surface area contributed by atoms with Gasteiger partial charge in [0.1, 0.15) is 17.4 Å². The van der Waals surface area contributed by atoms with Gasteiger partial charge < -0.3 is 10.4 Å². The summed E-state index contributed by atoms with van der Waals surface area (Å²) in [5.41, 5.74) is 1.71. The predicted molar refractivity (Wildman–Crippen MR) is 122 cm³/mol. The molecule has 0 spiro atoms. The molecule has 2 aromatic carbocycles. The van der Waals surface area contributed by atoms with Gasteiger partial charge in [-0.05, 0) is 52.7 Å². The van der Waals surface area contributed by atoms with Gasteiger partial charge >= 0.3 is 0 Å². The van der Waals surface area contributed by atoms with E-state index in [1.54, 1.807) is 35.0 Å². The number of benzene rings is 2. The summed E-state index contributed by atoms with van der Waals surface area (Å²) in [6.07, 6.45) is 2.09. The third-order valence-corrected chi connectivity index (χ3v) is 6.68. The SMILES string of the molecule is O=S(=O)(NCCCNc1cc(-c2ccccc2O)nc2c(Br)cnn12)c1cccc(F)c1. The minimum Gasteiger partial charge on any atom is -0.507 e. The molecule has 0 radical (unpaired) electrons. The first-order valence-corrected chi connectivity index (χ1v) is 11.9. The van der Waals surface area contributed by atoms with Crippen LogP contribution in [0.15, 0.2) is 70.2 Å². The summed E-state index contributed by atoms with van der Waals surface area (Å²) in [5.74, 6) is 0.131. The summed E-state index contributed by atoms with van der Waals surface area (Å²) in [5, 5.41) is 17.7. The van der Waals surface area contributed by atoms with Crippen molar-refractivity contribution < 1.29 is 17.9 Å². The van der Waals surface area contributed by atoms with Gasteiger partial charge in [0.15, 0.2) is 5.65 Å². The quantitative estimate of drug-likeness (QED) is 0.305. The van der Waals surface area contributed by atoms with Crippen LogP contribution in [-0.4, -0.2) is 41.2 Å². The average Bonchev–Trinajstić information content (AvgIpc) is 3.14. The van der Waals surface area contributed by atoms with Crippen molar-refractivity contribution >= 4 is 37.4 Å². The first kappa shape index (κ1) is 22.2. The maximum Gasteiger partial charge on any atom is 0.240 e. The second-order valence-corrected chi connectivity index (χ2v) is 9.53.